The molecule has 3 N–H and O–H groups in total. The van der Waals surface area contributed by atoms with Gasteiger partial charge in [-0.2, -0.15) is 4.98 Å². The molecule has 0 saturated heterocycles. The van der Waals surface area contributed by atoms with Crippen LogP contribution in [0.2, 0.25) is 0 Å². The molecule has 5 nitrogen and oxygen atoms in total. The van der Waals surface area contributed by atoms with Crippen LogP contribution in [0, 0.1) is 0 Å². The minimum atomic E-state index is 0.0433. The minimum absolute atomic E-state index is 0.0433. The maximum absolute atomic E-state index is 5.54. The smallest absolute Gasteiger partial charge is 0.221 e. The van der Waals surface area contributed by atoms with E-state index in [2.05, 4.69) is 36.2 Å². The number of nitrogens with two attached hydrogens (primary N) is 1. The predicted octanol–water partition coefficient (Wildman–Crippen LogP) is 2.39. The van der Waals surface area contributed by atoms with Crippen LogP contribution in [0.1, 0.15) is 18.7 Å². The summed E-state index contributed by atoms with van der Waals surface area (Å²) >= 11 is 3.37. The number of halogens is 1. The average Bonchev–Trinajstić information content (AvgIpc) is 2.35. The molecule has 0 bridgehead atoms. The van der Waals surface area contributed by atoms with Gasteiger partial charge in [-0.3, -0.25) is 4.98 Å². The molecule has 1 unspecified atom stereocenters. The van der Waals surface area contributed by atoms with E-state index >= 15 is 0 Å². The van der Waals surface area contributed by atoms with Crippen LogP contribution in [0.5, 0.6) is 0 Å². The molecule has 1 atom stereocenters. The molecule has 2 aromatic rings. The number of rotatable bonds is 3. The largest absolute Gasteiger partial charge is 0.368 e. The maximum Gasteiger partial charge on any atom is 0.221 e. The summed E-state index contributed by atoms with van der Waals surface area (Å²) in [5, 5.41) is 3.23. The summed E-state index contributed by atoms with van der Waals surface area (Å²) in [6.07, 6.45) is 3.38. The topological polar surface area (TPSA) is 76.7 Å². The zero-order valence-corrected chi connectivity index (χ0v) is 10.8. The van der Waals surface area contributed by atoms with Gasteiger partial charge in [0.1, 0.15) is 5.82 Å². The average molecular weight is 294 g/mol. The fraction of sp³-hybridized carbons (Fsp3) is 0.182. The summed E-state index contributed by atoms with van der Waals surface area (Å²) < 4.78 is 0.773. The van der Waals surface area contributed by atoms with Crippen LogP contribution in [0.3, 0.4) is 0 Å². The van der Waals surface area contributed by atoms with Crippen molar-refractivity contribution in [2.75, 3.05) is 11.1 Å². The maximum atomic E-state index is 5.54. The van der Waals surface area contributed by atoms with Crippen LogP contribution in [0.4, 0.5) is 11.8 Å². The summed E-state index contributed by atoms with van der Waals surface area (Å²) in [6, 6.07) is 5.83. The van der Waals surface area contributed by atoms with Crippen LogP contribution >= 0.6 is 15.9 Å². The number of hydrogen-bond acceptors (Lipinski definition) is 5. The van der Waals surface area contributed by atoms with Crippen molar-refractivity contribution in [1.29, 1.82) is 0 Å². The van der Waals surface area contributed by atoms with Crippen LogP contribution in [-0.2, 0) is 0 Å². The van der Waals surface area contributed by atoms with E-state index in [0.717, 1.165) is 10.2 Å². The van der Waals surface area contributed by atoms with Crippen molar-refractivity contribution in [2.45, 2.75) is 13.0 Å². The van der Waals surface area contributed by atoms with Crippen LogP contribution in [0.25, 0.3) is 0 Å². The molecule has 0 spiro atoms. The molecule has 2 rings (SSSR count). The molecule has 88 valence electrons. The third-order valence-electron chi connectivity index (χ3n) is 2.25. The first-order valence-electron chi connectivity index (χ1n) is 5.12. The van der Waals surface area contributed by atoms with Gasteiger partial charge in [0.15, 0.2) is 0 Å². The Morgan fingerprint density at radius 3 is 2.88 bits per heavy atom. The van der Waals surface area contributed by atoms with Crippen LogP contribution in [0.15, 0.2) is 35.1 Å². The molecule has 2 aromatic heterocycles. The molecule has 0 saturated carbocycles. The lowest BCUT2D eigenvalue weighted by Crippen LogP contribution is -2.11. The van der Waals surface area contributed by atoms with Gasteiger partial charge in [0.05, 0.1) is 16.2 Å². The van der Waals surface area contributed by atoms with Crippen molar-refractivity contribution in [3.63, 3.8) is 0 Å². The summed E-state index contributed by atoms with van der Waals surface area (Å²) in [5.74, 6) is 0.902. The molecule has 0 amide bonds. The number of pyridine rings is 1. The Morgan fingerprint density at radius 1 is 1.35 bits per heavy atom. The highest BCUT2D eigenvalue weighted by molar-refractivity contribution is 9.10. The lowest BCUT2D eigenvalue weighted by atomic mass is 10.2. The van der Waals surface area contributed by atoms with Crippen LogP contribution in [-0.4, -0.2) is 15.0 Å². The monoisotopic (exact) mass is 293 g/mol. The lowest BCUT2D eigenvalue weighted by Gasteiger charge is -2.14. The van der Waals surface area contributed by atoms with Gasteiger partial charge < -0.3 is 11.1 Å². The SMILES string of the molecule is CC(Nc1nc(N)ncc1Br)c1ccccn1. The number of nitrogens with one attached hydrogen (secondary N) is 1. The second kappa shape index (κ2) is 5.09. The van der Waals surface area contributed by atoms with Gasteiger partial charge >= 0.3 is 0 Å². The molecule has 0 aliphatic carbocycles. The van der Waals surface area contributed by atoms with Gasteiger partial charge in [-0.1, -0.05) is 6.07 Å². The molecule has 0 aliphatic heterocycles. The first-order valence-corrected chi connectivity index (χ1v) is 5.91. The van der Waals surface area contributed by atoms with E-state index in [1.807, 2.05) is 25.1 Å². The number of aromatic nitrogens is 3. The summed E-state index contributed by atoms with van der Waals surface area (Å²) in [6.45, 7) is 2.01. The molecule has 2 heterocycles. The van der Waals surface area contributed by atoms with Gasteiger partial charge in [0, 0.05) is 12.4 Å². The summed E-state index contributed by atoms with van der Waals surface area (Å²) in [5.41, 5.74) is 6.48. The Labute approximate surface area is 108 Å². The Kier molecular flexibility index (Phi) is 3.53. The highest BCUT2D eigenvalue weighted by atomic mass is 79.9. The molecule has 17 heavy (non-hydrogen) atoms. The van der Waals surface area contributed by atoms with E-state index in [-0.39, 0.29) is 12.0 Å². The standard InChI is InChI=1S/C11H12BrN5/c1-7(9-4-2-3-5-14-9)16-10-8(12)6-15-11(13)17-10/h2-7H,1H3,(H3,13,15,16,17). The first-order chi connectivity index (χ1) is 8.16. The number of nitrogens with zero attached hydrogens (tertiary/aromatic N) is 3. The van der Waals surface area contributed by atoms with E-state index in [1.165, 1.54) is 0 Å². The Morgan fingerprint density at radius 2 is 2.18 bits per heavy atom. The van der Waals surface area contributed by atoms with Crippen molar-refractivity contribution < 1.29 is 0 Å². The minimum Gasteiger partial charge on any atom is -0.368 e. The Hall–Kier alpha value is -1.69. The number of nitrogen functional groups attached to an aromatic ring is 1. The summed E-state index contributed by atoms with van der Waals surface area (Å²) in [4.78, 5) is 12.3. The van der Waals surface area contributed by atoms with Crippen molar-refractivity contribution in [2.24, 2.45) is 0 Å². The fourth-order valence-corrected chi connectivity index (χ4v) is 1.70. The third-order valence-corrected chi connectivity index (χ3v) is 2.83. The normalized spacial score (nSPS) is 12.1. The molecule has 0 fully saturated rings. The fourth-order valence-electron chi connectivity index (χ4n) is 1.39. The van der Waals surface area contributed by atoms with E-state index in [9.17, 15) is 0 Å². The van der Waals surface area contributed by atoms with Gasteiger partial charge in [-0.25, -0.2) is 4.98 Å². The second-order valence-electron chi connectivity index (χ2n) is 3.55. The Balaban J connectivity index is 2.18. The molecule has 0 radical (unpaired) electrons. The van der Waals surface area contributed by atoms with E-state index in [1.54, 1.807) is 12.4 Å². The molecule has 0 aliphatic rings. The Bertz CT molecular complexity index is 502. The van der Waals surface area contributed by atoms with Gasteiger partial charge in [0.2, 0.25) is 5.95 Å². The molecular formula is C11H12BrN5. The van der Waals surface area contributed by atoms with Crippen LogP contribution < -0.4 is 11.1 Å². The third kappa shape index (κ3) is 2.91. The summed E-state index contributed by atoms with van der Waals surface area (Å²) in [7, 11) is 0. The zero-order valence-electron chi connectivity index (χ0n) is 9.26. The quantitative estimate of drug-likeness (QED) is 0.909. The van der Waals surface area contributed by atoms with E-state index in [0.29, 0.717) is 5.82 Å². The van der Waals surface area contributed by atoms with Gasteiger partial charge in [-0.15, -0.1) is 0 Å². The molecule has 6 heteroatoms. The highest BCUT2D eigenvalue weighted by Crippen LogP contribution is 2.23. The van der Waals surface area contributed by atoms with Gasteiger partial charge in [0.25, 0.3) is 0 Å². The lowest BCUT2D eigenvalue weighted by molar-refractivity contribution is 0.829. The highest BCUT2D eigenvalue weighted by Gasteiger charge is 2.09. The van der Waals surface area contributed by atoms with E-state index in [4.69, 9.17) is 5.73 Å². The van der Waals surface area contributed by atoms with Crippen molar-refractivity contribution >= 4 is 27.7 Å². The van der Waals surface area contributed by atoms with Crippen molar-refractivity contribution in [3.8, 4) is 0 Å². The number of hydrogen-bond donors (Lipinski definition) is 2. The van der Waals surface area contributed by atoms with Crippen molar-refractivity contribution in [1.82, 2.24) is 15.0 Å². The predicted molar refractivity (Wildman–Crippen MR) is 70.4 cm³/mol. The molecule has 0 aromatic carbocycles. The molecular weight excluding hydrogens is 282 g/mol. The van der Waals surface area contributed by atoms with E-state index < -0.39 is 0 Å². The first kappa shape index (κ1) is 11.8. The van der Waals surface area contributed by atoms with Gasteiger partial charge in [-0.05, 0) is 35.0 Å². The zero-order chi connectivity index (χ0) is 12.3. The number of anilines is 2. The second-order valence-corrected chi connectivity index (χ2v) is 4.40. The van der Waals surface area contributed by atoms with Crippen molar-refractivity contribution in [3.05, 3.63) is 40.8 Å².